The number of carbonyl (C=O) groups is 2. The Bertz CT molecular complexity index is 982. The van der Waals surface area contributed by atoms with Crippen molar-refractivity contribution in [3.8, 4) is 0 Å². The van der Waals surface area contributed by atoms with Crippen LogP contribution in [0.25, 0.3) is 0 Å². The van der Waals surface area contributed by atoms with Gasteiger partial charge in [-0.25, -0.2) is 0 Å². The summed E-state index contributed by atoms with van der Waals surface area (Å²) in [5, 5.41) is 3.05. The van der Waals surface area contributed by atoms with Crippen molar-refractivity contribution < 1.29 is 9.59 Å². The van der Waals surface area contributed by atoms with Crippen LogP contribution in [-0.4, -0.2) is 35.3 Å². The fourth-order valence-corrected chi connectivity index (χ4v) is 4.13. The van der Waals surface area contributed by atoms with Crippen LogP contribution in [0.2, 0.25) is 0 Å². The van der Waals surface area contributed by atoms with E-state index in [1.54, 1.807) is 4.90 Å². The topological polar surface area (TPSA) is 49.4 Å². The first-order chi connectivity index (χ1) is 16.5. The van der Waals surface area contributed by atoms with Crippen molar-refractivity contribution in [3.63, 3.8) is 0 Å². The van der Waals surface area contributed by atoms with E-state index in [0.717, 1.165) is 23.1 Å². The highest BCUT2D eigenvalue weighted by molar-refractivity contribution is 5.88. The van der Waals surface area contributed by atoms with Crippen LogP contribution < -0.4 is 5.32 Å². The maximum absolute atomic E-state index is 13.8. The third-order valence-electron chi connectivity index (χ3n) is 6.44. The van der Waals surface area contributed by atoms with Gasteiger partial charge in [-0.15, -0.1) is 0 Å². The number of hydrogen-bond acceptors (Lipinski definition) is 2. The average Bonchev–Trinajstić information content (AvgIpc) is 2.88. The largest absolute Gasteiger partial charge is 0.352 e. The molecular weight excluding hydrogens is 420 g/mol. The first kappa shape index (κ1) is 25.2. The van der Waals surface area contributed by atoms with Gasteiger partial charge >= 0.3 is 0 Å². The summed E-state index contributed by atoms with van der Waals surface area (Å²) in [6.07, 6.45) is 1.86. The third-order valence-corrected chi connectivity index (χ3v) is 6.44. The van der Waals surface area contributed by atoms with Crippen LogP contribution in [0.5, 0.6) is 0 Å². The number of hydrogen-bond donors (Lipinski definition) is 1. The molecule has 0 aliphatic carbocycles. The summed E-state index contributed by atoms with van der Waals surface area (Å²) in [5.41, 5.74) is 3.35. The van der Waals surface area contributed by atoms with E-state index in [2.05, 4.69) is 41.7 Å². The van der Waals surface area contributed by atoms with Crippen molar-refractivity contribution in [2.75, 3.05) is 6.54 Å². The van der Waals surface area contributed by atoms with Crippen LogP contribution in [0.1, 0.15) is 56.2 Å². The molecule has 0 saturated heterocycles. The van der Waals surface area contributed by atoms with Gasteiger partial charge in [0.25, 0.3) is 0 Å². The van der Waals surface area contributed by atoms with E-state index in [1.807, 2.05) is 75.4 Å². The summed E-state index contributed by atoms with van der Waals surface area (Å²) in [6, 6.07) is 29.9. The van der Waals surface area contributed by atoms with Gasteiger partial charge in [-0.1, -0.05) is 97.9 Å². The maximum atomic E-state index is 13.8. The Morgan fingerprint density at radius 1 is 0.794 bits per heavy atom. The molecule has 3 aromatic rings. The fourth-order valence-electron chi connectivity index (χ4n) is 4.13. The van der Waals surface area contributed by atoms with Crippen molar-refractivity contribution in [2.24, 2.45) is 0 Å². The predicted molar refractivity (Wildman–Crippen MR) is 139 cm³/mol. The second-order valence-corrected chi connectivity index (χ2v) is 8.89. The highest BCUT2D eigenvalue weighted by atomic mass is 16.2. The lowest BCUT2D eigenvalue weighted by molar-refractivity contribution is -0.140. The van der Waals surface area contributed by atoms with Crippen molar-refractivity contribution in [2.45, 2.75) is 58.0 Å². The SMILES string of the molecule is CCC(C)NC(=O)C(C)N(CCc1ccccc1)C(=O)CC(c1ccccc1)c1ccccc1. The molecule has 1 N–H and O–H groups in total. The van der Waals surface area contributed by atoms with Gasteiger partial charge in [0, 0.05) is 24.9 Å². The summed E-state index contributed by atoms with van der Waals surface area (Å²) in [5.74, 6) is -0.189. The molecule has 0 saturated carbocycles. The summed E-state index contributed by atoms with van der Waals surface area (Å²) in [6.45, 7) is 6.36. The zero-order valence-corrected chi connectivity index (χ0v) is 20.5. The number of rotatable bonds is 11. The molecule has 2 unspecified atom stereocenters. The van der Waals surface area contributed by atoms with Crippen molar-refractivity contribution in [3.05, 3.63) is 108 Å². The van der Waals surface area contributed by atoms with Crippen LogP contribution >= 0.6 is 0 Å². The molecule has 2 atom stereocenters. The second-order valence-electron chi connectivity index (χ2n) is 8.89. The smallest absolute Gasteiger partial charge is 0.242 e. The lowest BCUT2D eigenvalue weighted by atomic mass is 9.88. The minimum atomic E-state index is -0.544. The zero-order valence-electron chi connectivity index (χ0n) is 20.5. The molecule has 0 radical (unpaired) electrons. The van der Waals surface area contributed by atoms with Gasteiger partial charge in [-0.2, -0.15) is 0 Å². The molecule has 2 amide bonds. The summed E-state index contributed by atoms with van der Waals surface area (Å²) in [7, 11) is 0. The number of amides is 2. The summed E-state index contributed by atoms with van der Waals surface area (Å²) < 4.78 is 0. The van der Waals surface area contributed by atoms with Gasteiger partial charge in [0.05, 0.1) is 0 Å². The molecule has 0 fully saturated rings. The number of nitrogens with one attached hydrogen (secondary N) is 1. The highest BCUT2D eigenvalue weighted by Crippen LogP contribution is 2.29. The average molecular weight is 457 g/mol. The summed E-state index contributed by atoms with van der Waals surface area (Å²) in [4.78, 5) is 28.5. The molecule has 0 aromatic heterocycles. The van der Waals surface area contributed by atoms with Gasteiger partial charge in [0.1, 0.15) is 6.04 Å². The Morgan fingerprint density at radius 2 is 1.29 bits per heavy atom. The number of carbonyl (C=O) groups excluding carboxylic acids is 2. The van der Waals surface area contributed by atoms with E-state index >= 15 is 0 Å². The Balaban J connectivity index is 1.85. The van der Waals surface area contributed by atoms with E-state index in [-0.39, 0.29) is 23.8 Å². The van der Waals surface area contributed by atoms with Gasteiger partial charge in [0.2, 0.25) is 11.8 Å². The molecule has 178 valence electrons. The quantitative estimate of drug-likeness (QED) is 0.409. The monoisotopic (exact) mass is 456 g/mol. The maximum Gasteiger partial charge on any atom is 0.242 e. The van der Waals surface area contributed by atoms with Crippen LogP contribution in [0, 0.1) is 0 Å². The van der Waals surface area contributed by atoms with Gasteiger partial charge in [-0.05, 0) is 43.4 Å². The molecule has 0 bridgehead atoms. The van der Waals surface area contributed by atoms with Crippen molar-refractivity contribution >= 4 is 11.8 Å². The lowest BCUT2D eigenvalue weighted by Crippen LogP contribution is -2.50. The molecule has 4 nitrogen and oxygen atoms in total. The lowest BCUT2D eigenvalue weighted by Gasteiger charge is -2.31. The summed E-state index contributed by atoms with van der Waals surface area (Å²) >= 11 is 0. The second kappa shape index (κ2) is 12.7. The van der Waals surface area contributed by atoms with Crippen molar-refractivity contribution in [1.29, 1.82) is 0 Å². The first-order valence-corrected chi connectivity index (χ1v) is 12.2. The normalized spacial score (nSPS) is 12.7. The van der Waals surface area contributed by atoms with Crippen LogP contribution in [0.4, 0.5) is 0 Å². The molecular formula is C30H36N2O2. The van der Waals surface area contributed by atoms with Gasteiger partial charge in [-0.3, -0.25) is 9.59 Å². The molecule has 0 spiro atoms. The Labute approximate surface area is 204 Å². The van der Waals surface area contributed by atoms with E-state index in [9.17, 15) is 9.59 Å². The van der Waals surface area contributed by atoms with E-state index in [1.165, 1.54) is 0 Å². The zero-order chi connectivity index (χ0) is 24.3. The standard InChI is InChI=1S/C30H36N2O2/c1-4-23(2)31-30(34)24(3)32(21-20-25-14-8-5-9-15-25)29(33)22-28(26-16-10-6-11-17-26)27-18-12-7-13-19-27/h5-19,23-24,28H,4,20-22H2,1-3H3,(H,31,34). The predicted octanol–water partition coefficient (Wildman–Crippen LogP) is 5.58. The van der Waals surface area contributed by atoms with E-state index in [0.29, 0.717) is 19.4 Å². The molecule has 3 rings (SSSR count). The fraction of sp³-hybridized carbons (Fsp3) is 0.333. The third kappa shape index (κ3) is 7.05. The minimum Gasteiger partial charge on any atom is -0.352 e. The first-order valence-electron chi connectivity index (χ1n) is 12.2. The van der Waals surface area contributed by atoms with E-state index < -0.39 is 6.04 Å². The molecule has 4 heteroatoms. The molecule has 34 heavy (non-hydrogen) atoms. The molecule has 0 aliphatic heterocycles. The molecule has 0 heterocycles. The Morgan fingerprint density at radius 3 is 1.79 bits per heavy atom. The van der Waals surface area contributed by atoms with E-state index in [4.69, 9.17) is 0 Å². The Kier molecular flexibility index (Phi) is 9.45. The van der Waals surface area contributed by atoms with Gasteiger partial charge < -0.3 is 10.2 Å². The number of nitrogens with zero attached hydrogens (tertiary/aromatic N) is 1. The minimum absolute atomic E-state index is 0.0135. The van der Waals surface area contributed by atoms with Crippen LogP contribution in [-0.2, 0) is 16.0 Å². The number of benzene rings is 3. The Hall–Kier alpha value is -3.40. The van der Waals surface area contributed by atoms with Crippen molar-refractivity contribution in [1.82, 2.24) is 10.2 Å². The highest BCUT2D eigenvalue weighted by Gasteiger charge is 2.29. The molecule has 3 aromatic carbocycles. The van der Waals surface area contributed by atoms with Crippen LogP contribution in [0.3, 0.4) is 0 Å². The molecule has 0 aliphatic rings. The van der Waals surface area contributed by atoms with Gasteiger partial charge in [0.15, 0.2) is 0 Å². The van der Waals surface area contributed by atoms with Crippen LogP contribution in [0.15, 0.2) is 91.0 Å².